The van der Waals surface area contributed by atoms with Crippen LogP contribution in [0.25, 0.3) is 5.65 Å². The van der Waals surface area contributed by atoms with Crippen molar-refractivity contribution in [2.24, 2.45) is 10.9 Å². The summed E-state index contributed by atoms with van der Waals surface area (Å²) in [5.74, 6) is 1.61. The maximum absolute atomic E-state index is 4.71. The van der Waals surface area contributed by atoms with E-state index in [1.807, 2.05) is 13.2 Å². The van der Waals surface area contributed by atoms with Gasteiger partial charge in [-0.25, -0.2) is 4.98 Å². The zero-order chi connectivity index (χ0) is 17.5. The van der Waals surface area contributed by atoms with Gasteiger partial charge in [-0.3, -0.25) is 4.99 Å². The molecule has 0 bridgehead atoms. The van der Waals surface area contributed by atoms with Gasteiger partial charge in [-0.05, 0) is 44.2 Å². The number of aromatic nitrogens is 2. The Balaban J connectivity index is 0.00000312. The van der Waals surface area contributed by atoms with Crippen LogP contribution in [0.1, 0.15) is 44.9 Å². The molecule has 1 unspecified atom stereocenters. The first-order chi connectivity index (χ1) is 11.5. The van der Waals surface area contributed by atoms with Crippen LogP contribution < -0.4 is 10.6 Å². The quantitative estimate of drug-likeness (QED) is 0.378. The molecule has 0 aliphatic carbocycles. The molecule has 0 spiro atoms. The molecule has 140 valence electrons. The number of nitrogens with zero attached hydrogens (tertiary/aromatic N) is 3. The number of hydrogen-bond donors (Lipinski definition) is 2. The molecule has 0 amide bonds. The van der Waals surface area contributed by atoms with Crippen molar-refractivity contribution >= 4 is 35.6 Å². The SMILES string of the molecule is CN=C(NCCc1cn2cccc(C)c2n1)NC(C)CCC(C)C.I. The van der Waals surface area contributed by atoms with Crippen molar-refractivity contribution in [2.45, 2.75) is 53.0 Å². The van der Waals surface area contributed by atoms with E-state index in [9.17, 15) is 0 Å². The summed E-state index contributed by atoms with van der Waals surface area (Å²) in [4.78, 5) is 9.02. The summed E-state index contributed by atoms with van der Waals surface area (Å²) in [6.45, 7) is 9.64. The fourth-order valence-corrected chi connectivity index (χ4v) is 2.72. The molecule has 2 aromatic rings. The number of aliphatic imine (C=N–C) groups is 1. The lowest BCUT2D eigenvalue weighted by Crippen LogP contribution is -2.43. The molecule has 5 nitrogen and oxygen atoms in total. The van der Waals surface area contributed by atoms with Crippen LogP contribution in [0.4, 0.5) is 0 Å². The largest absolute Gasteiger partial charge is 0.356 e. The highest BCUT2D eigenvalue weighted by Gasteiger charge is 2.07. The number of guanidine groups is 1. The van der Waals surface area contributed by atoms with Crippen LogP contribution in [0.15, 0.2) is 29.5 Å². The number of hydrogen-bond acceptors (Lipinski definition) is 2. The Morgan fingerprint density at radius 2 is 2.04 bits per heavy atom. The third kappa shape index (κ3) is 6.84. The first-order valence-electron chi connectivity index (χ1n) is 8.90. The highest BCUT2D eigenvalue weighted by Crippen LogP contribution is 2.10. The maximum Gasteiger partial charge on any atom is 0.191 e. The second-order valence-corrected chi connectivity index (χ2v) is 6.92. The van der Waals surface area contributed by atoms with Gasteiger partial charge < -0.3 is 15.0 Å². The number of fused-ring (bicyclic) bond motifs is 1. The Labute approximate surface area is 168 Å². The van der Waals surface area contributed by atoms with Crippen LogP contribution in [0.5, 0.6) is 0 Å². The fourth-order valence-electron chi connectivity index (χ4n) is 2.72. The Kier molecular flexibility index (Phi) is 9.24. The fraction of sp³-hybridized carbons (Fsp3) is 0.579. The summed E-state index contributed by atoms with van der Waals surface area (Å²) in [7, 11) is 1.82. The second-order valence-electron chi connectivity index (χ2n) is 6.92. The average Bonchev–Trinajstić information content (AvgIpc) is 2.96. The van der Waals surface area contributed by atoms with Gasteiger partial charge in [-0.1, -0.05) is 19.9 Å². The lowest BCUT2D eigenvalue weighted by molar-refractivity contribution is 0.489. The number of nitrogens with one attached hydrogen (secondary N) is 2. The average molecular weight is 457 g/mol. The lowest BCUT2D eigenvalue weighted by atomic mass is 10.0. The second kappa shape index (κ2) is 10.6. The smallest absolute Gasteiger partial charge is 0.191 e. The van der Waals surface area contributed by atoms with E-state index in [0.717, 1.165) is 42.6 Å². The van der Waals surface area contributed by atoms with Gasteiger partial charge in [-0.15, -0.1) is 24.0 Å². The minimum atomic E-state index is 0. The van der Waals surface area contributed by atoms with Gasteiger partial charge in [0.05, 0.1) is 5.69 Å². The summed E-state index contributed by atoms with van der Waals surface area (Å²) >= 11 is 0. The maximum atomic E-state index is 4.71. The normalized spacial score (nSPS) is 13.0. The van der Waals surface area contributed by atoms with Crippen LogP contribution in [-0.2, 0) is 6.42 Å². The molecule has 6 heteroatoms. The topological polar surface area (TPSA) is 53.7 Å². The summed E-state index contributed by atoms with van der Waals surface area (Å²) in [6.07, 6.45) is 7.41. The van der Waals surface area contributed by atoms with Gasteiger partial charge in [0.1, 0.15) is 5.65 Å². The molecule has 0 saturated carbocycles. The van der Waals surface area contributed by atoms with Crippen molar-refractivity contribution in [3.63, 3.8) is 0 Å². The molecular weight excluding hydrogens is 425 g/mol. The third-order valence-corrected chi connectivity index (χ3v) is 4.19. The molecule has 25 heavy (non-hydrogen) atoms. The van der Waals surface area contributed by atoms with Gasteiger partial charge in [0.2, 0.25) is 0 Å². The van der Waals surface area contributed by atoms with E-state index in [4.69, 9.17) is 4.98 Å². The van der Waals surface area contributed by atoms with Crippen molar-refractivity contribution in [3.05, 3.63) is 35.8 Å². The zero-order valence-electron chi connectivity index (χ0n) is 16.0. The van der Waals surface area contributed by atoms with Gasteiger partial charge in [-0.2, -0.15) is 0 Å². The van der Waals surface area contributed by atoms with E-state index >= 15 is 0 Å². The number of rotatable bonds is 7. The monoisotopic (exact) mass is 457 g/mol. The Bertz CT molecular complexity index is 678. The number of imidazole rings is 1. The molecule has 2 N–H and O–H groups in total. The lowest BCUT2D eigenvalue weighted by Gasteiger charge is -2.18. The molecule has 2 rings (SSSR count). The van der Waals surface area contributed by atoms with Gasteiger partial charge >= 0.3 is 0 Å². The highest BCUT2D eigenvalue weighted by molar-refractivity contribution is 14.0. The highest BCUT2D eigenvalue weighted by atomic mass is 127. The number of pyridine rings is 1. The standard InChI is InChI=1S/C19H31N5.HI/c1-14(2)8-9-16(4)22-19(20-5)21-11-10-17-13-24-12-6-7-15(3)18(24)23-17;/h6-7,12-14,16H,8-11H2,1-5H3,(H2,20,21,22);1H. The van der Waals surface area contributed by atoms with E-state index in [-0.39, 0.29) is 24.0 Å². The van der Waals surface area contributed by atoms with Gasteiger partial charge in [0, 0.05) is 38.4 Å². The Hall–Kier alpha value is -1.31. The Morgan fingerprint density at radius 3 is 2.68 bits per heavy atom. The first-order valence-corrected chi connectivity index (χ1v) is 8.90. The van der Waals surface area contributed by atoms with Gasteiger partial charge in [0.15, 0.2) is 5.96 Å². The van der Waals surface area contributed by atoms with Crippen molar-refractivity contribution in [1.29, 1.82) is 0 Å². The molecule has 2 aromatic heterocycles. The molecule has 0 fully saturated rings. The van der Waals surface area contributed by atoms with Crippen LogP contribution in [0.2, 0.25) is 0 Å². The molecule has 0 aliphatic heterocycles. The summed E-state index contributed by atoms with van der Waals surface area (Å²) < 4.78 is 2.09. The predicted octanol–water partition coefficient (Wildman–Crippen LogP) is 3.79. The van der Waals surface area contributed by atoms with E-state index in [1.165, 1.54) is 12.0 Å². The van der Waals surface area contributed by atoms with Crippen molar-refractivity contribution in [1.82, 2.24) is 20.0 Å². The zero-order valence-corrected chi connectivity index (χ0v) is 18.4. The van der Waals surface area contributed by atoms with Gasteiger partial charge in [0.25, 0.3) is 0 Å². The minimum Gasteiger partial charge on any atom is -0.356 e. The summed E-state index contributed by atoms with van der Waals surface area (Å²) in [6, 6.07) is 4.57. The van der Waals surface area contributed by atoms with Crippen LogP contribution in [0.3, 0.4) is 0 Å². The summed E-state index contributed by atoms with van der Waals surface area (Å²) in [5.41, 5.74) is 3.34. The van der Waals surface area contributed by atoms with Crippen molar-refractivity contribution in [2.75, 3.05) is 13.6 Å². The summed E-state index contributed by atoms with van der Waals surface area (Å²) in [5, 5.41) is 6.84. The van der Waals surface area contributed by atoms with E-state index in [0.29, 0.717) is 6.04 Å². The minimum absolute atomic E-state index is 0. The van der Waals surface area contributed by atoms with Crippen molar-refractivity contribution < 1.29 is 0 Å². The predicted molar refractivity (Wildman–Crippen MR) is 117 cm³/mol. The molecular formula is C19H32IN5. The molecule has 0 radical (unpaired) electrons. The van der Waals surface area contributed by atoms with E-state index in [2.05, 4.69) is 66.1 Å². The van der Waals surface area contributed by atoms with E-state index < -0.39 is 0 Å². The van der Waals surface area contributed by atoms with Crippen LogP contribution in [-0.4, -0.2) is 35.0 Å². The van der Waals surface area contributed by atoms with Crippen LogP contribution >= 0.6 is 24.0 Å². The van der Waals surface area contributed by atoms with Crippen molar-refractivity contribution in [3.8, 4) is 0 Å². The molecule has 0 aliphatic rings. The Morgan fingerprint density at radius 1 is 1.28 bits per heavy atom. The number of aryl methyl sites for hydroxylation is 1. The molecule has 0 aromatic carbocycles. The first kappa shape index (κ1) is 21.7. The van der Waals surface area contributed by atoms with Crippen LogP contribution in [0, 0.1) is 12.8 Å². The third-order valence-electron chi connectivity index (χ3n) is 4.19. The molecule has 2 heterocycles. The molecule has 0 saturated heterocycles. The number of halogens is 1. The van der Waals surface area contributed by atoms with E-state index in [1.54, 1.807) is 0 Å². The molecule has 1 atom stereocenters.